The zero-order chi connectivity index (χ0) is 20.4. The van der Waals surface area contributed by atoms with Gasteiger partial charge < -0.3 is 4.98 Å². The number of rotatable bonds is 6. The summed E-state index contributed by atoms with van der Waals surface area (Å²) in [4.78, 5) is 7.59. The van der Waals surface area contributed by atoms with Crippen molar-refractivity contribution < 1.29 is 0 Å². The summed E-state index contributed by atoms with van der Waals surface area (Å²) in [5, 5.41) is 12.5. The lowest BCUT2D eigenvalue weighted by Crippen LogP contribution is -1.93. The first kappa shape index (κ1) is 21.1. The molecule has 0 aliphatic carbocycles. The molecule has 0 bridgehead atoms. The fraction of sp³-hybridized carbons (Fsp3) is 0.105. The number of H-pyrrole nitrogens is 1. The fourth-order valence-corrected chi connectivity index (χ4v) is 4.96. The summed E-state index contributed by atoms with van der Waals surface area (Å²) in [5.74, 6) is 1.37. The SMILES string of the molecule is Clc1ccc(CSc2nnc(SCc3ccc(Cl)c(Cl)c3)c3[nH]cnc23)cc1Cl. The molecule has 4 rings (SSSR count). The van der Waals surface area contributed by atoms with Gasteiger partial charge in [-0.1, -0.05) is 82.1 Å². The van der Waals surface area contributed by atoms with Crippen molar-refractivity contribution in [3.63, 3.8) is 0 Å². The van der Waals surface area contributed by atoms with Gasteiger partial charge in [0.1, 0.15) is 21.1 Å². The van der Waals surface area contributed by atoms with Crippen LogP contribution in [0.25, 0.3) is 11.0 Å². The minimum absolute atomic E-state index is 0.537. The Kier molecular flexibility index (Phi) is 6.79. The molecule has 4 aromatic rings. The van der Waals surface area contributed by atoms with Gasteiger partial charge >= 0.3 is 0 Å². The third kappa shape index (κ3) is 4.95. The van der Waals surface area contributed by atoms with Gasteiger partial charge in [0.05, 0.1) is 26.4 Å². The molecule has 0 aliphatic heterocycles. The van der Waals surface area contributed by atoms with Crippen LogP contribution in [-0.2, 0) is 11.5 Å². The highest BCUT2D eigenvalue weighted by atomic mass is 35.5. The van der Waals surface area contributed by atoms with Crippen LogP contribution < -0.4 is 0 Å². The predicted molar refractivity (Wildman–Crippen MR) is 124 cm³/mol. The number of fused-ring (bicyclic) bond motifs is 1. The number of nitrogens with zero attached hydrogens (tertiary/aromatic N) is 3. The molecule has 0 atom stereocenters. The van der Waals surface area contributed by atoms with Crippen LogP contribution in [0.3, 0.4) is 0 Å². The largest absolute Gasteiger partial charge is 0.342 e. The quantitative estimate of drug-likeness (QED) is 0.276. The first-order valence-electron chi connectivity index (χ1n) is 8.34. The van der Waals surface area contributed by atoms with Gasteiger partial charge in [-0.2, -0.15) is 0 Å². The van der Waals surface area contributed by atoms with Crippen LogP contribution >= 0.6 is 69.9 Å². The van der Waals surface area contributed by atoms with Gasteiger partial charge in [-0.05, 0) is 35.4 Å². The molecule has 0 spiro atoms. The van der Waals surface area contributed by atoms with Crippen molar-refractivity contribution >= 4 is 81.0 Å². The van der Waals surface area contributed by atoms with E-state index in [1.54, 1.807) is 42.0 Å². The molecule has 4 nitrogen and oxygen atoms in total. The van der Waals surface area contributed by atoms with Crippen LogP contribution in [-0.4, -0.2) is 20.2 Å². The highest BCUT2D eigenvalue weighted by Crippen LogP contribution is 2.33. The Labute approximate surface area is 195 Å². The topological polar surface area (TPSA) is 54.5 Å². The first-order valence-corrected chi connectivity index (χ1v) is 11.8. The van der Waals surface area contributed by atoms with Gasteiger partial charge in [0, 0.05) is 11.5 Å². The smallest absolute Gasteiger partial charge is 0.147 e. The Hall–Kier alpha value is -1.15. The molecule has 29 heavy (non-hydrogen) atoms. The van der Waals surface area contributed by atoms with Crippen molar-refractivity contribution in [3.8, 4) is 0 Å². The number of imidazole rings is 1. The summed E-state index contributed by atoms with van der Waals surface area (Å²) in [6.45, 7) is 0. The lowest BCUT2D eigenvalue weighted by Gasteiger charge is -2.06. The highest BCUT2D eigenvalue weighted by molar-refractivity contribution is 7.99. The molecule has 0 unspecified atom stereocenters. The molecule has 148 valence electrons. The molecule has 2 aromatic heterocycles. The van der Waals surface area contributed by atoms with Crippen molar-refractivity contribution in [1.82, 2.24) is 20.2 Å². The monoisotopic (exact) mass is 500 g/mol. The molecule has 0 saturated carbocycles. The molecule has 1 N–H and O–H groups in total. The van der Waals surface area contributed by atoms with E-state index in [9.17, 15) is 0 Å². The number of hydrogen-bond acceptors (Lipinski definition) is 5. The zero-order valence-electron chi connectivity index (χ0n) is 14.6. The molecule has 0 radical (unpaired) electrons. The number of benzene rings is 2. The van der Waals surface area contributed by atoms with Crippen molar-refractivity contribution in [2.45, 2.75) is 21.6 Å². The van der Waals surface area contributed by atoms with Crippen LogP contribution in [0.5, 0.6) is 0 Å². The van der Waals surface area contributed by atoms with Crippen LogP contribution in [0.2, 0.25) is 20.1 Å². The standard InChI is InChI=1S/C19H12Cl4N4S2/c20-12-3-1-10(5-14(12)22)7-28-18-16-17(25-9-24-16)19(27-26-18)29-8-11-2-4-13(21)15(23)6-11/h1-6,9H,7-8H2,(H,24,25). The van der Waals surface area contributed by atoms with Gasteiger partial charge in [0.2, 0.25) is 0 Å². The molecule has 2 aromatic carbocycles. The summed E-state index contributed by atoms with van der Waals surface area (Å²) >= 11 is 27.3. The maximum absolute atomic E-state index is 6.09. The molecule has 0 amide bonds. The zero-order valence-corrected chi connectivity index (χ0v) is 19.3. The number of aromatic amines is 1. The van der Waals surface area contributed by atoms with E-state index in [2.05, 4.69) is 20.2 Å². The average molecular weight is 502 g/mol. The molecular weight excluding hydrogens is 490 g/mol. The number of aromatic nitrogens is 4. The Balaban J connectivity index is 1.50. The minimum atomic E-state index is 0.537. The van der Waals surface area contributed by atoms with Gasteiger partial charge in [-0.15, -0.1) is 10.2 Å². The average Bonchev–Trinajstić information content (AvgIpc) is 3.20. The maximum Gasteiger partial charge on any atom is 0.147 e. The normalized spacial score (nSPS) is 11.3. The maximum atomic E-state index is 6.09. The second-order valence-electron chi connectivity index (χ2n) is 6.01. The van der Waals surface area contributed by atoms with Gasteiger partial charge in [0.25, 0.3) is 0 Å². The van der Waals surface area contributed by atoms with Crippen molar-refractivity contribution in [2.24, 2.45) is 0 Å². The second kappa shape index (κ2) is 9.33. The van der Waals surface area contributed by atoms with Crippen LogP contribution in [0.4, 0.5) is 0 Å². The first-order chi connectivity index (χ1) is 14.0. The highest BCUT2D eigenvalue weighted by Gasteiger charge is 2.14. The molecule has 2 heterocycles. The minimum Gasteiger partial charge on any atom is -0.342 e. The van der Waals surface area contributed by atoms with Gasteiger partial charge in [0.15, 0.2) is 0 Å². The summed E-state index contributed by atoms with van der Waals surface area (Å²) in [7, 11) is 0. The Bertz CT molecular complexity index is 1090. The van der Waals surface area contributed by atoms with Crippen LogP contribution in [0.1, 0.15) is 11.1 Å². The van der Waals surface area contributed by atoms with Gasteiger partial charge in [-0.3, -0.25) is 0 Å². The van der Waals surface area contributed by atoms with E-state index in [1.807, 2.05) is 24.3 Å². The van der Waals surface area contributed by atoms with E-state index in [-0.39, 0.29) is 0 Å². The predicted octanol–water partition coefficient (Wildman–Crippen LogP) is 7.55. The Morgan fingerprint density at radius 1 is 0.724 bits per heavy atom. The lowest BCUT2D eigenvalue weighted by atomic mass is 10.2. The molecular formula is C19H12Cl4N4S2. The summed E-state index contributed by atoms with van der Waals surface area (Å²) in [6.07, 6.45) is 1.65. The molecule has 0 saturated heterocycles. The van der Waals surface area contributed by atoms with E-state index in [4.69, 9.17) is 46.4 Å². The van der Waals surface area contributed by atoms with Gasteiger partial charge in [-0.25, -0.2) is 4.98 Å². The number of halogens is 4. The van der Waals surface area contributed by atoms with E-state index < -0.39 is 0 Å². The molecule has 0 fully saturated rings. The molecule has 10 heteroatoms. The van der Waals surface area contributed by atoms with E-state index in [0.717, 1.165) is 32.2 Å². The number of thioether (sulfide) groups is 2. The second-order valence-corrected chi connectivity index (χ2v) is 9.57. The summed E-state index contributed by atoms with van der Waals surface area (Å²) < 4.78 is 0. The van der Waals surface area contributed by atoms with E-state index in [0.29, 0.717) is 31.6 Å². The summed E-state index contributed by atoms with van der Waals surface area (Å²) in [6, 6.07) is 11.2. The Morgan fingerprint density at radius 3 is 1.86 bits per heavy atom. The van der Waals surface area contributed by atoms with E-state index in [1.165, 1.54) is 0 Å². The van der Waals surface area contributed by atoms with Crippen LogP contribution in [0, 0.1) is 0 Å². The van der Waals surface area contributed by atoms with Crippen molar-refractivity contribution in [1.29, 1.82) is 0 Å². The van der Waals surface area contributed by atoms with E-state index >= 15 is 0 Å². The third-order valence-electron chi connectivity index (χ3n) is 4.01. The molecule has 0 aliphatic rings. The third-order valence-corrected chi connectivity index (χ3v) is 7.55. The van der Waals surface area contributed by atoms with Crippen molar-refractivity contribution in [2.75, 3.05) is 0 Å². The Morgan fingerprint density at radius 2 is 1.28 bits per heavy atom. The lowest BCUT2D eigenvalue weighted by molar-refractivity contribution is 0.879. The van der Waals surface area contributed by atoms with Crippen molar-refractivity contribution in [3.05, 3.63) is 73.9 Å². The number of hydrogen-bond donors (Lipinski definition) is 1. The van der Waals surface area contributed by atoms with Crippen LogP contribution in [0.15, 0.2) is 52.8 Å². The summed E-state index contributed by atoms with van der Waals surface area (Å²) in [5.41, 5.74) is 3.76. The fourth-order valence-electron chi connectivity index (χ4n) is 2.57. The number of nitrogens with one attached hydrogen (secondary N) is 1.